The fourth-order valence-corrected chi connectivity index (χ4v) is 4.92. The Hall–Kier alpha value is -1.55. The van der Waals surface area contributed by atoms with Gasteiger partial charge in [-0.15, -0.1) is 0 Å². The number of hydrogen-bond donors (Lipinski definition) is 0. The summed E-state index contributed by atoms with van der Waals surface area (Å²) in [6, 6.07) is 4.69. The first-order chi connectivity index (χ1) is 17.8. The minimum Gasteiger partial charge on any atom is -1.00 e. The second-order valence-corrected chi connectivity index (χ2v) is 10.6. The molecule has 0 amide bonds. The Balaban J connectivity index is 0.00000533. The van der Waals surface area contributed by atoms with Gasteiger partial charge >= 0.3 is 18.0 Å². The normalized spacial score (nSPS) is 14.5. The number of alkyl halides is 7. The van der Waals surface area contributed by atoms with Crippen molar-refractivity contribution in [3.05, 3.63) is 52.8 Å². The van der Waals surface area contributed by atoms with Gasteiger partial charge in [0.05, 0.1) is 17.5 Å². The van der Waals surface area contributed by atoms with Crippen LogP contribution in [0.25, 0.3) is 0 Å². The first-order valence-electron chi connectivity index (χ1n) is 13.2. The zero-order valence-corrected chi connectivity index (χ0v) is 23.0. The van der Waals surface area contributed by atoms with E-state index in [9.17, 15) is 35.1 Å². The Morgan fingerprint density at radius 3 is 1.95 bits per heavy atom. The van der Waals surface area contributed by atoms with Crippen molar-refractivity contribution < 1.29 is 52.1 Å². The summed E-state index contributed by atoms with van der Waals surface area (Å²) in [5.41, 5.74) is 0.478. The highest BCUT2D eigenvalue weighted by Gasteiger charge is 2.72. The third kappa shape index (κ3) is 8.97. The molecule has 1 aromatic carbocycles. The van der Waals surface area contributed by atoms with Crippen LogP contribution in [0.4, 0.5) is 35.1 Å². The molecule has 0 unspecified atom stereocenters. The third-order valence-electron chi connectivity index (χ3n) is 7.05. The highest BCUT2D eigenvalue weighted by Crippen LogP contribution is 2.48. The maximum absolute atomic E-state index is 14.3. The van der Waals surface area contributed by atoms with Crippen molar-refractivity contribution in [3.8, 4) is 0 Å². The van der Waals surface area contributed by atoms with Crippen molar-refractivity contribution in [2.24, 2.45) is 0 Å². The molecule has 3 rings (SSSR count). The molecule has 0 bridgehead atoms. The average molecular weight is 609 g/mol. The molecule has 1 aromatic heterocycles. The quantitative estimate of drug-likeness (QED) is 0.121. The van der Waals surface area contributed by atoms with Crippen LogP contribution in [-0.2, 0) is 13.1 Å². The molecule has 39 heavy (non-hydrogen) atoms. The molecule has 222 valence electrons. The van der Waals surface area contributed by atoms with Gasteiger partial charge < -0.3 is 12.4 Å². The van der Waals surface area contributed by atoms with Crippen LogP contribution in [0, 0.1) is 5.82 Å². The molecule has 1 heterocycles. The molecular weight excluding hydrogens is 575 g/mol. The zero-order chi connectivity index (χ0) is 28.0. The SMILES string of the molecule is Fc1cccc(Cl)c1C[n+]1ccn(CCCCCCCCCCCC(F)(F)C(F)(F)C(F)(F)F)c1C1CC1.[Cl-]. The Kier molecular flexibility index (Phi) is 12.4. The van der Waals surface area contributed by atoms with Gasteiger partial charge in [0, 0.05) is 12.0 Å². The van der Waals surface area contributed by atoms with Crippen LogP contribution in [0.15, 0.2) is 30.6 Å². The van der Waals surface area contributed by atoms with Crippen molar-refractivity contribution in [1.29, 1.82) is 0 Å². The monoisotopic (exact) mass is 608 g/mol. The lowest BCUT2D eigenvalue weighted by Gasteiger charge is -2.28. The fraction of sp³-hybridized carbons (Fsp3) is 0.667. The smallest absolute Gasteiger partial charge is 0.459 e. The molecule has 0 saturated heterocycles. The number of rotatable bonds is 16. The van der Waals surface area contributed by atoms with Gasteiger partial charge in [0.15, 0.2) is 0 Å². The van der Waals surface area contributed by atoms with Crippen molar-refractivity contribution in [3.63, 3.8) is 0 Å². The van der Waals surface area contributed by atoms with Gasteiger partial charge in [0.25, 0.3) is 5.82 Å². The minimum absolute atomic E-state index is 0. The highest BCUT2D eigenvalue weighted by atomic mass is 35.5. The number of aromatic nitrogens is 2. The summed E-state index contributed by atoms with van der Waals surface area (Å²) in [4.78, 5) is 0. The third-order valence-corrected chi connectivity index (χ3v) is 7.41. The summed E-state index contributed by atoms with van der Waals surface area (Å²) in [5, 5.41) is 0.410. The van der Waals surface area contributed by atoms with Crippen LogP contribution in [0.3, 0.4) is 0 Å². The number of nitrogens with zero attached hydrogens (tertiary/aromatic N) is 2. The molecule has 0 radical (unpaired) electrons. The van der Waals surface area contributed by atoms with Crippen LogP contribution in [-0.4, -0.2) is 22.6 Å². The van der Waals surface area contributed by atoms with Gasteiger partial charge in [-0.25, -0.2) is 13.5 Å². The van der Waals surface area contributed by atoms with E-state index < -0.39 is 24.4 Å². The van der Waals surface area contributed by atoms with E-state index >= 15 is 0 Å². The van der Waals surface area contributed by atoms with E-state index in [1.54, 1.807) is 12.1 Å². The first kappa shape index (κ1) is 33.7. The Bertz CT molecular complexity index is 1020. The predicted molar refractivity (Wildman–Crippen MR) is 129 cm³/mol. The molecule has 0 aliphatic heterocycles. The number of imidazole rings is 1. The fourth-order valence-electron chi connectivity index (χ4n) is 4.70. The Morgan fingerprint density at radius 1 is 0.846 bits per heavy atom. The standard InChI is InChI=1S/C27H34ClF8N2.ClH/c28-22-11-10-12-23(29)21(22)19-38-18-17-37(24(38)20-13-14-20)16-9-7-5-3-1-2-4-6-8-15-25(30,31)26(32,33)27(34,35)36;/h10-12,17-18,20H,1-9,13-16,19H2;1H/q+1;/p-1. The van der Waals surface area contributed by atoms with E-state index in [0.717, 1.165) is 57.9 Å². The van der Waals surface area contributed by atoms with Gasteiger partial charge in [-0.1, -0.05) is 56.2 Å². The molecule has 12 heteroatoms. The van der Waals surface area contributed by atoms with E-state index in [2.05, 4.69) is 9.13 Å². The molecule has 0 spiro atoms. The molecule has 1 fully saturated rings. The largest absolute Gasteiger partial charge is 1.00 e. The van der Waals surface area contributed by atoms with E-state index in [0.29, 0.717) is 29.5 Å². The topological polar surface area (TPSA) is 8.81 Å². The molecule has 2 nitrogen and oxygen atoms in total. The number of benzene rings is 1. The summed E-state index contributed by atoms with van der Waals surface area (Å²) < 4.78 is 107. The second kappa shape index (κ2) is 14.4. The van der Waals surface area contributed by atoms with Crippen molar-refractivity contribution >= 4 is 11.6 Å². The minimum atomic E-state index is -6.26. The van der Waals surface area contributed by atoms with Crippen molar-refractivity contribution in [2.45, 2.75) is 114 Å². The molecule has 1 aliphatic rings. The Morgan fingerprint density at radius 2 is 1.41 bits per heavy atom. The lowest BCUT2D eigenvalue weighted by Crippen LogP contribution is -3.00. The molecular formula is C27H34Cl2F8N2. The number of unbranched alkanes of at least 4 members (excludes halogenated alkanes) is 8. The van der Waals surface area contributed by atoms with Crippen molar-refractivity contribution in [2.75, 3.05) is 0 Å². The lowest BCUT2D eigenvalue weighted by molar-refractivity contribution is -0.695. The van der Waals surface area contributed by atoms with Gasteiger partial charge in [-0.05, 0) is 44.2 Å². The lowest BCUT2D eigenvalue weighted by atomic mass is 10.0. The van der Waals surface area contributed by atoms with Crippen LogP contribution in [0.1, 0.15) is 94.4 Å². The Labute approximate surface area is 235 Å². The number of hydrogen-bond acceptors (Lipinski definition) is 0. The summed E-state index contributed by atoms with van der Waals surface area (Å²) in [6.45, 7) is 1.23. The van der Waals surface area contributed by atoms with Gasteiger partial charge in [-0.2, -0.15) is 30.7 Å². The van der Waals surface area contributed by atoms with Gasteiger partial charge in [0.1, 0.15) is 24.8 Å². The zero-order valence-electron chi connectivity index (χ0n) is 21.5. The molecule has 0 N–H and O–H groups in total. The van der Waals surface area contributed by atoms with E-state index in [4.69, 9.17) is 11.6 Å². The van der Waals surface area contributed by atoms with Crippen LogP contribution in [0.5, 0.6) is 0 Å². The maximum atomic E-state index is 14.3. The van der Waals surface area contributed by atoms with Crippen LogP contribution in [0.2, 0.25) is 5.02 Å². The summed E-state index contributed by atoms with van der Waals surface area (Å²) in [6.07, 6.45) is 4.30. The van der Waals surface area contributed by atoms with E-state index in [1.165, 1.54) is 11.9 Å². The molecule has 0 atom stereocenters. The van der Waals surface area contributed by atoms with E-state index in [-0.39, 0.29) is 31.1 Å². The van der Waals surface area contributed by atoms with Gasteiger partial charge in [0.2, 0.25) is 0 Å². The number of halogens is 10. The summed E-state index contributed by atoms with van der Waals surface area (Å²) in [5.74, 6) is -9.76. The molecule has 1 aliphatic carbocycles. The first-order valence-corrected chi connectivity index (χ1v) is 13.6. The summed E-state index contributed by atoms with van der Waals surface area (Å²) in [7, 11) is 0. The predicted octanol–water partition coefficient (Wildman–Crippen LogP) is 6.23. The van der Waals surface area contributed by atoms with Crippen molar-refractivity contribution in [1.82, 2.24) is 4.57 Å². The number of aryl methyl sites for hydroxylation is 1. The molecule has 2 aromatic rings. The average Bonchev–Trinajstić information content (AvgIpc) is 3.59. The van der Waals surface area contributed by atoms with Gasteiger partial charge in [-0.3, -0.25) is 0 Å². The van der Waals surface area contributed by atoms with E-state index in [1.807, 2.05) is 12.4 Å². The molecule has 1 saturated carbocycles. The van der Waals surface area contributed by atoms with Crippen LogP contribution < -0.4 is 17.0 Å². The maximum Gasteiger partial charge on any atom is 0.459 e. The second-order valence-electron chi connectivity index (χ2n) is 10.2. The van der Waals surface area contributed by atoms with Crippen LogP contribution >= 0.6 is 11.6 Å². The highest BCUT2D eigenvalue weighted by molar-refractivity contribution is 6.31. The summed E-state index contributed by atoms with van der Waals surface area (Å²) >= 11 is 6.21.